The average Bonchev–Trinajstić information content (AvgIpc) is 2.87. The highest BCUT2D eigenvalue weighted by Crippen LogP contribution is 2.26. The zero-order chi connectivity index (χ0) is 17.2. The quantitative estimate of drug-likeness (QED) is 0.849. The molecule has 0 radical (unpaired) electrons. The Balaban J connectivity index is 2.15. The third-order valence-corrected chi connectivity index (χ3v) is 4.38. The second-order valence-electron chi connectivity index (χ2n) is 7.07. The number of carbonyl (C=O) groups is 2. The lowest BCUT2D eigenvalue weighted by Crippen LogP contribution is -2.40. The van der Waals surface area contributed by atoms with Crippen molar-refractivity contribution in [3.8, 4) is 0 Å². The van der Waals surface area contributed by atoms with E-state index in [4.69, 9.17) is 4.74 Å². The number of nitrogens with zero attached hydrogens (tertiary/aromatic N) is 1. The van der Waals surface area contributed by atoms with Gasteiger partial charge in [-0.15, -0.1) is 12.6 Å². The van der Waals surface area contributed by atoms with Gasteiger partial charge in [-0.3, -0.25) is 4.79 Å². The van der Waals surface area contributed by atoms with Gasteiger partial charge in [0.05, 0.1) is 0 Å². The Morgan fingerprint density at radius 2 is 2.04 bits per heavy atom. The summed E-state index contributed by atoms with van der Waals surface area (Å²) in [5.41, 5.74) is 2.18. The van der Waals surface area contributed by atoms with Gasteiger partial charge >= 0.3 is 6.09 Å². The molecule has 2 rings (SSSR count). The molecular formula is C18H25NO3S. The fourth-order valence-electron chi connectivity index (χ4n) is 3.00. The highest BCUT2D eigenvalue weighted by Gasteiger charge is 2.32. The maximum Gasteiger partial charge on any atom is 0.410 e. The van der Waals surface area contributed by atoms with Gasteiger partial charge in [0.2, 0.25) is 5.12 Å². The number of rotatable bonds is 3. The summed E-state index contributed by atoms with van der Waals surface area (Å²) in [6, 6.07) is 5.79. The van der Waals surface area contributed by atoms with Crippen molar-refractivity contribution in [3.05, 3.63) is 34.9 Å². The summed E-state index contributed by atoms with van der Waals surface area (Å²) in [4.78, 5) is 25.7. The Morgan fingerprint density at radius 1 is 1.35 bits per heavy atom. The van der Waals surface area contributed by atoms with Crippen LogP contribution in [0.3, 0.4) is 0 Å². The maximum absolute atomic E-state index is 12.4. The second-order valence-corrected chi connectivity index (χ2v) is 7.47. The topological polar surface area (TPSA) is 46.6 Å². The molecule has 4 nitrogen and oxygen atoms in total. The monoisotopic (exact) mass is 335 g/mol. The van der Waals surface area contributed by atoms with Crippen molar-refractivity contribution in [2.75, 3.05) is 6.54 Å². The number of amides is 1. The SMILES string of the molecule is Cc1c(CC2CCCN2C(=O)OC(C)(C)C)cccc1C(=O)S. The van der Waals surface area contributed by atoms with E-state index in [1.54, 1.807) is 6.07 Å². The van der Waals surface area contributed by atoms with Gasteiger partial charge in [-0.1, -0.05) is 18.2 Å². The molecule has 0 aromatic heterocycles. The molecule has 1 aliphatic heterocycles. The van der Waals surface area contributed by atoms with Crippen LogP contribution in [0, 0.1) is 6.92 Å². The van der Waals surface area contributed by atoms with E-state index >= 15 is 0 Å². The van der Waals surface area contributed by atoms with Crippen LogP contribution in [0.4, 0.5) is 4.79 Å². The van der Waals surface area contributed by atoms with E-state index in [1.165, 1.54) is 0 Å². The second kappa shape index (κ2) is 6.95. The minimum atomic E-state index is -0.488. The molecule has 0 N–H and O–H groups in total. The van der Waals surface area contributed by atoms with Gasteiger partial charge < -0.3 is 9.64 Å². The molecule has 1 fully saturated rings. The maximum atomic E-state index is 12.4. The fourth-order valence-corrected chi connectivity index (χ4v) is 3.24. The average molecular weight is 335 g/mol. The van der Waals surface area contributed by atoms with E-state index in [9.17, 15) is 9.59 Å². The first-order valence-corrected chi connectivity index (χ1v) is 8.45. The molecule has 23 heavy (non-hydrogen) atoms. The number of likely N-dealkylation sites (tertiary alicyclic amines) is 1. The Bertz CT molecular complexity index is 607. The molecule has 1 unspecified atom stereocenters. The summed E-state index contributed by atoms with van der Waals surface area (Å²) in [6.45, 7) is 8.29. The van der Waals surface area contributed by atoms with Crippen molar-refractivity contribution in [1.29, 1.82) is 0 Å². The summed E-state index contributed by atoms with van der Waals surface area (Å²) < 4.78 is 5.50. The molecule has 0 bridgehead atoms. The summed E-state index contributed by atoms with van der Waals surface area (Å²) in [5.74, 6) is 0. The van der Waals surface area contributed by atoms with Gasteiger partial charge in [0.15, 0.2) is 0 Å². The predicted molar refractivity (Wildman–Crippen MR) is 94.2 cm³/mol. The van der Waals surface area contributed by atoms with Crippen molar-refractivity contribution in [2.24, 2.45) is 0 Å². The first-order chi connectivity index (χ1) is 10.7. The number of benzene rings is 1. The highest BCUT2D eigenvalue weighted by atomic mass is 32.1. The molecule has 1 heterocycles. The third kappa shape index (κ3) is 4.50. The molecule has 5 heteroatoms. The summed E-state index contributed by atoms with van der Waals surface area (Å²) >= 11 is 3.93. The normalized spacial score (nSPS) is 18.1. The molecular weight excluding hydrogens is 310 g/mol. The van der Waals surface area contributed by atoms with Gasteiger partial charge in [-0.05, 0) is 58.1 Å². The smallest absolute Gasteiger partial charge is 0.410 e. The molecule has 126 valence electrons. The van der Waals surface area contributed by atoms with Crippen LogP contribution in [0.2, 0.25) is 0 Å². The first-order valence-electron chi connectivity index (χ1n) is 8.00. The van der Waals surface area contributed by atoms with Gasteiger partial charge in [-0.2, -0.15) is 0 Å². The predicted octanol–water partition coefficient (Wildman–Crippen LogP) is 4.01. The largest absolute Gasteiger partial charge is 0.444 e. The number of hydrogen-bond donors (Lipinski definition) is 1. The summed E-state index contributed by atoms with van der Waals surface area (Å²) in [5, 5.41) is -0.222. The Labute approximate surface area is 143 Å². The Hall–Kier alpha value is -1.49. The van der Waals surface area contributed by atoms with Crippen molar-refractivity contribution < 1.29 is 14.3 Å². The lowest BCUT2D eigenvalue weighted by molar-refractivity contribution is 0.0226. The van der Waals surface area contributed by atoms with Crippen LogP contribution in [-0.2, 0) is 11.2 Å². The van der Waals surface area contributed by atoms with Crippen molar-refractivity contribution in [2.45, 2.75) is 58.6 Å². The zero-order valence-electron chi connectivity index (χ0n) is 14.3. The van der Waals surface area contributed by atoms with Gasteiger partial charge in [0.1, 0.15) is 5.60 Å². The molecule has 0 aliphatic carbocycles. The van der Waals surface area contributed by atoms with E-state index < -0.39 is 5.60 Å². The molecule has 0 saturated carbocycles. The van der Waals surface area contributed by atoms with Crippen LogP contribution in [-0.4, -0.2) is 34.3 Å². The highest BCUT2D eigenvalue weighted by molar-refractivity contribution is 7.97. The van der Waals surface area contributed by atoms with Gasteiger partial charge in [0.25, 0.3) is 0 Å². The Morgan fingerprint density at radius 3 is 2.65 bits per heavy atom. The van der Waals surface area contributed by atoms with Crippen molar-refractivity contribution in [1.82, 2.24) is 4.90 Å². The van der Waals surface area contributed by atoms with Crippen LogP contribution in [0.25, 0.3) is 0 Å². The van der Waals surface area contributed by atoms with Crippen LogP contribution < -0.4 is 0 Å². The van der Waals surface area contributed by atoms with E-state index in [1.807, 2.05) is 44.7 Å². The first kappa shape index (κ1) is 17.9. The van der Waals surface area contributed by atoms with E-state index in [-0.39, 0.29) is 17.3 Å². The molecule has 1 aromatic carbocycles. The molecule has 1 saturated heterocycles. The standard InChI is InChI=1S/C18H25NO3S/c1-12-13(7-5-9-15(12)16(20)23)11-14-8-6-10-19(14)17(21)22-18(2,3)4/h5,7,9,14H,6,8,10-11H2,1-4H3,(H,20,23). The number of thiol groups is 1. The molecule has 1 aromatic rings. The summed E-state index contributed by atoms with van der Waals surface area (Å²) in [7, 11) is 0. The Kier molecular flexibility index (Phi) is 5.40. The van der Waals surface area contributed by atoms with Crippen LogP contribution in [0.15, 0.2) is 18.2 Å². The van der Waals surface area contributed by atoms with E-state index in [0.717, 1.165) is 36.9 Å². The third-order valence-electron chi connectivity index (χ3n) is 4.14. The number of hydrogen-bond acceptors (Lipinski definition) is 3. The van der Waals surface area contributed by atoms with E-state index in [0.29, 0.717) is 5.56 Å². The number of ether oxygens (including phenoxy) is 1. The van der Waals surface area contributed by atoms with Crippen molar-refractivity contribution in [3.63, 3.8) is 0 Å². The molecule has 0 spiro atoms. The zero-order valence-corrected chi connectivity index (χ0v) is 15.2. The van der Waals surface area contributed by atoms with Gasteiger partial charge in [0, 0.05) is 18.2 Å². The molecule has 1 atom stereocenters. The minimum absolute atomic E-state index is 0.119. The fraction of sp³-hybridized carbons (Fsp3) is 0.556. The molecule has 1 aliphatic rings. The number of carbonyl (C=O) groups excluding carboxylic acids is 2. The van der Waals surface area contributed by atoms with Crippen molar-refractivity contribution >= 4 is 23.8 Å². The van der Waals surface area contributed by atoms with E-state index in [2.05, 4.69) is 12.6 Å². The van der Waals surface area contributed by atoms with Crippen LogP contribution in [0.5, 0.6) is 0 Å². The van der Waals surface area contributed by atoms with Crippen LogP contribution in [0.1, 0.15) is 55.1 Å². The summed E-state index contributed by atoms with van der Waals surface area (Å²) in [6.07, 6.45) is 2.42. The lowest BCUT2D eigenvalue weighted by Gasteiger charge is -2.29. The van der Waals surface area contributed by atoms with Gasteiger partial charge in [-0.25, -0.2) is 4.79 Å². The van der Waals surface area contributed by atoms with Crippen LogP contribution >= 0.6 is 12.6 Å². The molecule has 1 amide bonds. The lowest BCUT2D eigenvalue weighted by atomic mass is 9.96. The minimum Gasteiger partial charge on any atom is -0.444 e.